The first-order chi connectivity index (χ1) is 9.65. The normalized spacial score (nSPS) is 15.9. The Labute approximate surface area is 130 Å². The molecule has 2 rings (SSSR count). The Morgan fingerprint density at radius 2 is 1.90 bits per heavy atom. The summed E-state index contributed by atoms with van der Waals surface area (Å²) < 4.78 is 1.02. The maximum atomic E-state index is 12.0. The van der Waals surface area contributed by atoms with E-state index in [1.165, 1.54) is 32.2 Å². The summed E-state index contributed by atoms with van der Waals surface area (Å²) >= 11 is 3.39. The summed E-state index contributed by atoms with van der Waals surface area (Å²) in [5.74, 6) is 1.15. The van der Waals surface area contributed by atoms with E-state index in [9.17, 15) is 4.79 Å². The van der Waals surface area contributed by atoms with Crippen LogP contribution >= 0.6 is 15.9 Å². The van der Waals surface area contributed by atoms with Crippen molar-refractivity contribution >= 4 is 21.7 Å². The van der Waals surface area contributed by atoms with Gasteiger partial charge in [-0.25, -0.2) is 0 Å². The third kappa shape index (κ3) is 5.02. The number of ketones is 1. The maximum Gasteiger partial charge on any atom is 0.162 e. The van der Waals surface area contributed by atoms with Gasteiger partial charge in [-0.2, -0.15) is 0 Å². The van der Waals surface area contributed by atoms with Crippen molar-refractivity contribution in [3.05, 3.63) is 34.3 Å². The molecular weight excluding hydrogens is 314 g/mol. The number of Topliss-reactive ketones (excluding diaryl/α,β-unsaturated/α-hetero) is 1. The molecule has 0 bridgehead atoms. The van der Waals surface area contributed by atoms with Crippen molar-refractivity contribution in [1.82, 2.24) is 4.90 Å². The van der Waals surface area contributed by atoms with Gasteiger partial charge in [0.05, 0.1) is 0 Å². The van der Waals surface area contributed by atoms with E-state index in [1.807, 2.05) is 24.3 Å². The van der Waals surface area contributed by atoms with Crippen LogP contribution in [0.5, 0.6) is 0 Å². The van der Waals surface area contributed by atoms with Crippen molar-refractivity contribution < 1.29 is 4.79 Å². The third-order valence-electron chi connectivity index (χ3n) is 4.15. The molecule has 1 saturated carbocycles. The summed E-state index contributed by atoms with van der Waals surface area (Å²) in [4.78, 5) is 14.4. The van der Waals surface area contributed by atoms with Gasteiger partial charge >= 0.3 is 0 Å². The highest BCUT2D eigenvalue weighted by Crippen LogP contribution is 2.25. The minimum absolute atomic E-state index is 0.256. The first kappa shape index (κ1) is 15.7. The number of halogens is 1. The molecule has 0 N–H and O–H groups in total. The van der Waals surface area contributed by atoms with Crippen LogP contribution < -0.4 is 0 Å². The Kier molecular flexibility index (Phi) is 6.24. The number of carbonyl (C=O) groups is 1. The van der Waals surface area contributed by atoms with Gasteiger partial charge in [-0.05, 0) is 50.9 Å². The van der Waals surface area contributed by atoms with Crippen LogP contribution in [0.4, 0.5) is 0 Å². The van der Waals surface area contributed by atoms with Crippen LogP contribution in [0.25, 0.3) is 0 Å². The molecule has 0 radical (unpaired) electrons. The van der Waals surface area contributed by atoms with Gasteiger partial charge in [0.15, 0.2) is 5.78 Å². The van der Waals surface area contributed by atoms with Crippen LogP contribution in [-0.4, -0.2) is 30.8 Å². The number of rotatable bonds is 7. The second kappa shape index (κ2) is 7.94. The summed E-state index contributed by atoms with van der Waals surface area (Å²) in [6.45, 7) is 2.23. The first-order valence-electron chi connectivity index (χ1n) is 7.62. The van der Waals surface area contributed by atoms with E-state index in [-0.39, 0.29) is 5.78 Å². The minimum atomic E-state index is 0.256. The lowest BCUT2D eigenvalue weighted by atomic mass is 10.1. The SMILES string of the molecule is CN(CCCC(=O)c1ccc(Br)cc1)CC1CCCC1. The Hall–Kier alpha value is -0.670. The Morgan fingerprint density at radius 3 is 2.55 bits per heavy atom. The van der Waals surface area contributed by atoms with E-state index in [2.05, 4.69) is 27.9 Å². The molecule has 1 aromatic carbocycles. The van der Waals surface area contributed by atoms with Crippen molar-refractivity contribution in [3.8, 4) is 0 Å². The molecule has 0 atom stereocenters. The number of hydrogen-bond acceptors (Lipinski definition) is 2. The van der Waals surface area contributed by atoms with Crippen LogP contribution in [-0.2, 0) is 0 Å². The first-order valence-corrected chi connectivity index (χ1v) is 8.42. The lowest BCUT2D eigenvalue weighted by Crippen LogP contribution is -2.26. The van der Waals surface area contributed by atoms with Crippen molar-refractivity contribution in [2.24, 2.45) is 5.92 Å². The van der Waals surface area contributed by atoms with E-state index >= 15 is 0 Å². The van der Waals surface area contributed by atoms with Crippen molar-refractivity contribution in [3.63, 3.8) is 0 Å². The molecule has 1 aliphatic carbocycles. The largest absolute Gasteiger partial charge is 0.306 e. The molecule has 110 valence electrons. The lowest BCUT2D eigenvalue weighted by molar-refractivity contribution is 0.0975. The molecule has 1 aliphatic rings. The van der Waals surface area contributed by atoms with Gasteiger partial charge in [0.2, 0.25) is 0 Å². The van der Waals surface area contributed by atoms with Crippen molar-refractivity contribution in [2.75, 3.05) is 20.1 Å². The predicted octanol–water partition coefficient (Wildman–Crippen LogP) is 4.53. The standard InChI is InChI=1S/C17H24BrNO/c1-19(13-14-5-2-3-6-14)12-4-7-17(20)15-8-10-16(18)11-9-15/h8-11,14H,2-7,12-13H2,1H3. The Morgan fingerprint density at radius 1 is 1.25 bits per heavy atom. The molecule has 0 unspecified atom stereocenters. The summed E-state index contributed by atoms with van der Waals surface area (Å²) in [6.07, 6.45) is 7.19. The fourth-order valence-corrected chi connectivity index (χ4v) is 3.28. The van der Waals surface area contributed by atoms with Gasteiger partial charge in [0, 0.05) is 23.0 Å². The molecule has 2 nitrogen and oxygen atoms in total. The minimum Gasteiger partial charge on any atom is -0.306 e. The van der Waals surface area contributed by atoms with E-state index in [0.717, 1.165) is 28.9 Å². The highest BCUT2D eigenvalue weighted by Gasteiger charge is 2.16. The summed E-state index contributed by atoms with van der Waals surface area (Å²) in [5.41, 5.74) is 0.826. The van der Waals surface area contributed by atoms with E-state index in [1.54, 1.807) is 0 Å². The molecule has 20 heavy (non-hydrogen) atoms. The molecule has 0 amide bonds. The molecule has 0 aliphatic heterocycles. The Balaban J connectivity index is 1.66. The van der Waals surface area contributed by atoms with Gasteiger partial charge in [0.1, 0.15) is 0 Å². The molecule has 1 fully saturated rings. The van der Waals surface area contributed by atoms with Gasteiger partial charge in [-0.15, -0.1) is 0 Å². The zero-order valence-electron chi connectivity index (χ0n) is 12.3. The highest BCUT2D eigenvalue weighted by atomic mass is 79.9. The monoisotopic (exact) mass is 337 g/mol. The molecule has 0 spiro atoms. The van der Waals surface area contributed by atoms with E-state index in [0.29, 0.717) is 6.42 Å². The van der Waals surface area contributed by atoms with Crippen LogP contribution in [0.15, 0.2) is 28.7 Å². The van der Waals surface area contributed by atoms with Gasteiger partial charge < -0.3 is 4.90 Å². The zero-order chi connectivity index (χ0) is 14.4. The van der Waals surface area contributed by atoms with E-state index < -0.39 is 0 Å². The molecule has 0 heterocycles. The average Bonchev–Trinajstić information content (AvgIpc) is 2.92. The van der Waals surface area contributed by atoms with Crippen molar-refractivity contribution in [1.29, 1.82) is 0 Å². The molecule has 1 aromatic rings. The van der Waals surface area contributed by atoms with Crippen LogP contribution in [0.1, 0.15) is 48.9 Å². The van der Waals surface area contributed by atoms with Gasteiger partial charge in [-0.3, -0.25) is 4.79 Å². The highest BCUT2D eigenvalue weighted by molar-refractivity contribution is 9.10. The molecule has 0 aromatic heterocycles. The molecule has 3 heteroatoms. The van der Waals surface area contributed by atoms with Crippen LogP contribution in [0.2, 0.25) is 0 Å². The number of benzene rings is 1. The lowest BCUT2D eigenvalue weighted by Gasteiger charge is -2.20. The molecular formula is C17H24BrNO. The Bertz CT molecular complexity index is 423. The summed E-state index contributed by atoms with van der Waals surface area (Å²) in [6, 6.07) is 7.65. The summed E-state index contributed by atoms with van der Waals surface area (Å²) in [7, 11) is 2.18. The van der Waals surface area contributed by atoms with Gasteiger partial charge in [0.25, 0.3) is 0 Å². The maximum absolute atomic E-state index is 12.0. The smallest absolute Gasteiger partial charge is 0.162 e. The quantitative estimate of drug-likeness (QED) is 0.681. The fraction of sp³-hybridized carbons (Fsp3) is 0.588. The second-order valence-corrected chi connectivity index (χ2v) is 6.86. The van der Waals surface area contributed by atoms with Crippen LogP contribution in [0.3, 0.4) is 0 Å². The van der Waals surface area contributed by atoms with E-state index in [4.69, 9.17) is 0 Å². The number of nitrogens with zero attached hydrogens (tertiary/aromatic N) is 1. The topological polar surface area (TPSA) is 20.3 Å². The number of hydrogen-bond donors (Lipinski definition) is 0. The molecule has 0 saturated heterocycles. The second-order valence-electron chi connectivity index (χ2n) is 5.95. The number of carbonyl (C=O) groups excluding carboxylic acids is 1. The predicted molar refractivity (Wildman–Crippen MR) is 87.2 cm³/mol. The zero-order valence-corrected chi connectivity index (χ0v) is 13.9. The van der Waals surface area contributed by atoms with Gasteiger partial charge in [-0.1, -0.05) is 40.9 Å². The third-order valence-corrected chi connectivity index (χ3v) is 4.68. The average molecular weight is 338 g/mol. The fourth-order valence-electron chi connectivity index (χ4n) is 3.01. The summed E-state index contributed by atoms with van der Waals surface area (Å²) in [5, 5.41) is 0. The van der Waals surface area contributed by atoms with Crippen LogP contribution in [0, 0.1) is 5.92 Å². The van der Waals surface area contributed by atoms with Crippen molar-refractivity contribution in [2.45, 2.75) is 38.5 Å².